The molecule has 0 saturated carbocycles. The Balaban J connectivity index is 2.09. The van der Waals surface area contributed by atoms with E-state index in [1.54, 1.807) is 12.0 Å². The second-order valence-corrected chi connectivity index (χ2v) is 7.72. The van der Waals surface area contributed by atoms with Gasteiger partial charge in [0.2, 0.25) is 5.91 Å². The molecule has 25 heavy (non-hydrogen) atoms. The fourth-order valence-electron chi connectivity index (χ4n) is 4.15. The highest BCUT2D eigenvalue weighted by Crippen LogP contribution is 2.56. The maximum absolute atomic E-state index is 13.6. The number of aliphatic imine (C=N–C) groups is 1. The first-order valence-electron chi connectivity index (χ1n) is 8.47. The van der Waals surface area contributed by atoms with Crippen molar-refractivity contribution in [3.8, 4) is 5.75 Å². The number of para-hydroxylation sites is 1. The summed E-state index contributed by atoms with van der Waals surface area (Å²) in [5, 5.41) is 0. The summed E-state index contributed by atoms with van der Waals surface area (Å²) in [6, 6.07) is 13.8. The Morgan fingerprint density at radius 1 is 1.08 bits per heavy atom. The number of methoxy groups -OCH3 is 1. The predicted octanol–water partition coefficient (Wildman–Crippen LogP) is 4.09. The molecule has 4 heteroatoms. The Hall–Kier alpha value is -2.62. The van der Waals surface area contributed by atoms with Gasteiger partial charge in [-0.2, -0.15) is 0 Å². The van der Waals surface area contributed by atoms with Crippen LogP contribution in [0.3, 0.4) is 0 Å². The number of fused-ring (bicyclic) bond motifs is 4. The summed E-state index contributed by atoms with van der Waals surface area (Å²) in [6.07, 6.45) is 0. The molecule has 0 saturated heterocycles. The molecule has 0 radical (unpaired) electrons. The first-order valence-corrected chi connectivity index (χ1v) is 8.47. The maximum Gasteiger partial charge on any atom is 0.247 e. The van der Waals surface area contributed by atoms with Crippen LogP contribution in [0.1, 0.15) is 31.9 Å². The van der Waals surface area contributed by atoms with Gasteiger partial charge in [-0.15, -0.1) is 0 Å². The number of amides is 1. The summed E-state index contributed by atoms with van der Waals surface area (Å²) in [5.74, 6) is 0.797. The van der Waals surface area contributed by atoms with E-state index in [4.69, 9.17) is 9.73 Å². The summed E-state index contributed by atoms with van der Waals surface area (Å²) in [6.45, 7) is 6.36. The topological polar surface area (TPSA) is 41.9 Å². The number of carbonyl (C=O) groups excluding carboxylic acids is 1. The Kier molecular flexibility index (Phi) is 3.14. The molecule has 0 bridgehead atoms. The van der Waals surface area contributed by atoms with Crippen molar-refractivity contribution in [1.29, 1.82) is 0 Å². The smallest absolute Gasteiger partial charge is 0.247 e. The maximum atomic E-state index is 13.6. The van der Waals surface area contributed by atoms with Crippen molar-refractivity contribution in [2.24, 2.45) is 10.4 Å². The molecule has 4 rings (SSSR count). The van der Waals surface area contributed by atoms with Crippen LogP contribution in [-0.2, 0) is 10.2 Å². The normalized spacial score (nSPS) is 21.4. The molecule has 1 atom stereocenters. The van der Waals surface area contributed by atoms with Crippen molar-refractivity contribution in [3.05, 3.63) is 53.6 Å². The van der Waals surface area contributed by atoms with Crippen molar-refractivity contribution >= 4 is 23.0 Å². The largest absolute Gasteiger partial charge is 0.497 e. The number of likely N-dealkylation sites (N-methyl/N-ethyl adjacent to an activating group) is 1. The van der Waals surface area contributed by atoms with Gasteiger partial charge in [0, 0.05) is 35.4 Å². The molecule has 1 amide bonds. The van der Waals surface area contributed by atoms with Crippen LogP contribution >= 0.6 is 0 Å². The standard InChI is InChI=1S/C21H22N2O2/c1-20(2,3)18-21(14-8-6-7-9-16(14)22-18)15-11-10-13(25-5)12-17(15)23(4)19(21)24/h6-12H,1-5H3. The summed E-state index contributed by atoms with van der Waals surface area (Å²) < 4.78 is 5.37. The molecular formula is C21H22N2O2. The minimum absolute atomic E-state index is 0.0504. The molecule has 2 heterocycles. The molecule has 2 aromatic rings. The van der Waals surface area contributed by atoms with Crippen LogP contribution in [0.2, 0.25) is 0 Å². The molecular weight excluding hydrogens is 312 g/mol. The zero-order chi connectivity index (χ0) is 18.0. The van der Waals surface area contributed by atoms with Gasteiger partial charge in [-0.1, -0.05) is 45.0 Å². The van der Waals surface area contributed by atoms with E-state index in [0.717, 1.165) is 34.0 Å². The van der Waals surface area contributed by atoms with E-state index in [1.165, 1.54) is 0 Å². The van der Waals surface area contributed by atoms with Gasteiger partial charge in [0.05, 0.1) is 18.5 Å². The number of benzene rings is 2. The molecule has 0 N–H and O–H groups in total. The Bertz CT molecular complexity index is 924. The fraction of sp³-hybridized carbons (Fsp3) is 0.333. The second kappa shape index (κ2) is 4.94. The average molecular weight is 334 g/mol. The lowest BCUT2D eigenvalue weighted by Crippen LogP contribution is -2.48. The van der Waals surface area contributed by atoms with Gasteiger partial charge in [-0.25, -0.2) is 0 Å². The molecule has 2 aliphatic heterocycles. The van der Waals surface area contributed by atoms with E-state index < -0.39 is 5.41 Å². The number of hydrogen-bond acceptors (Lipinski definition) is 3. The van der Waals surface area contributed by atoms with Crippen LogP contribution in [0.15, 0.2) is 47.5 Å². The predicted molar refractivity (Wildman–Crippen MR) is 100 cm³/mol. The molecule has 128 valence electrons. The Labute approximate surface area is 148 Å². The van der Waals surface area contributed by atoms with Crippen molar-refractivity contribution in [2.45, 2.75) is 26.2 Å². The van der Waals surface area contributed by atoms with Gasteiger partial charge >= 0.3 is 0 Å². The van der Waals surface area contributed by atoms with Crippen LogP contribution in [0.4, 0.5) is 11.4 Å². The van der Waals surface area contributed by atoms with Crippen molar-refractivity contribution in [3.63, 3.8) is 0 Å². The minimum Gasteiger partial charge on any atom is -0.497 e. The second-order valence-electron chi connectivity index (χ2n) is 7.72. The Morgan fingerprint density at radius 3 is 2.48 bits per heavy atom. The van der Waals surface area contributed by atoms with E-state index in [9.17, 15) is 4.79 Å². The lowest BCUT2D eigenvalue weighted by atomic mass is 9.66. The molecule has 4 nitrogen and oxygen atoms in total. The zero-order valence-electron chi connectivity index (χ0n) is 15.3. The molecule has 0 aromatic heterocycles. The fourth-order valence-corrected chi connectivity index (χ4v) is 4.15. The van der Waals surface area contributed by atoms with Crippen LogP contribution in [0, 0.1) is 5.41 Å². The van der Waals surface area contributed by atoms with Crippen LogP contribution in [-0.4, -0.2) is 25.8 Å². The molecule has 2 aromatic carbocycles. The third kappa shape index (κ3) is 1.88. The summed E-state index contributed by atoms with van der Waals surface area (Å²) in [4.78, 5) is 20.3. The van der Waals surface area contributed by atoms with Crippen LogP contribution < -0.4 is 9.64 Å². The van der Waals surface area contributed by atoms with Gasteiger partial charge in [-0.05, 0) is 12.1 Å². The minimum atomic E-state index is -0.842. The quantitative estimate of drug-likeness (QED) is 0.788. The number of anilines is 1. The monoisotopic (exact) mass is 334 g/mol. The molecule has 0 fully saturated rings. The average Bonchev–Trinajstić information content (AvgIpc) is 3.05. The third-order valence-electron chi connectivity index (χ3n) is 5.20. The summed E-state index contributed by atoms with van der Waals surface area (Å²) >= 11 is 0. The van der Waals surface area contributed by atoms with Crippen molar-refractivity contribution in [1.82, 2.24) is 0 Å². The number of carbonyl (C=O) groups is 1. The number of hydrogen-bond donors (Lipinski definition) is 0. The third-order valence-corrected chi connectivity index (χ3v) is 5.20. The zero-order valence-corrected chi connectivity index (χ0v) is 15.3. The molecule has 1 unspecified atom stereocenters. The highest BCUT2D eigenvalue weighted by Gasteiger charge is 2.60. The van der Waals surface area contributed by atoms with E-state index >= 15 is 0 Å². The lowest BCUT2D eigenvalue weighted by Gasteiger charge is -2.33. The highest BCUT2D eigenvalue weighted by atomic mass is 16.5. The van der Waals surface area contributed by atoms with Crippen LogP contribution in [0.25, 0.3) is 0 Å². The molecule has 2 aliphatic rings. The SMILES string of the molecule is COc1ccc2c(c1)N(C)C(=O)C21C(C(C)(C)C)=Nc2ccccc21. The summed E-state index contributed by atoms with van der Waals surface area (Å²) in [7, 11) is 3.47. The van der Waals surface area contributed by atoms with Gasteiger partial charge in [0.25, 0.3) is 0 Å². The first-order chi connectivity index (χ1) is 11.8. The number of rotatable bonds is 1. The van der Waals surface area contributed by atoms with E-state index in [-0.39, 0.29) is 11.3 Å². The van der Waals surface area contributed by atoms with E-state index in [0.29, 0.717) is 0 Å². The van der Waals surface area contributed by atoms with Gasteiger partial charge < -0.3 is 9.64 Å². The number of nitrogens with zero attached hydrogens (tertiary/aromatic N) is 2. The van der Waals surface area contributed by atoms with Crippen LogP contribution in [0.5, 0.6) is 5.75 Å². The lowest BCUT2D eigenvalue weighted by molar-refractivity contribution is -0.119. The van der Waals surface area contributed by atoms with E-state index in [2.05, 4.69) is 20.8 Å². The van der Waals surface area contributed by atoms with Crippen molar-refractivity contribution in [2.75, 3.05) is 19.1 Å². The van der Waals surface area contributed by atoms with Gasteiger partial charge in [0.15, 0.2) is 0 Å². The van der Waals surface area contributed by atoms with E-state index in [1.807, 2.05) is 49.5 Å². The van der Waals surface area contributed by atoms with Crippen molar-refractivity contribution < 1.29 is 9.53 Å². The highest BCUT2D eigenvalue weighted by molar-refractivity contribution is 6.30. The number of ether oxygens (including phenoxy) is 1. The Morgan fingerprint density at radius 2 is 1.80 bits per heavy atom. The molecule has 1 spiro atoms. The van der Waals surface area contributed by atoms with Gasteiger partial charge in [0.1, 0.15) is 11.2 Å². The summed E-state index contributed by atoms with van der Waals surface area (Å²) in [5.41, 5.74) is 3.56. The van der Waals surface area contributed by atoms with Gasteiger partial charge in [-0.3, -0.25) is 9.79 Å². The molecule has 0 aliphatic carbocycles. The first kappa shape index (κ1) is 15.9.